The SMILES string of the molecule is CCCCCn1c2ccccc2n2c(=O)c(C)c(C)nc12. The van der Waals surface area contributed by atoms with E-state index in [2.05, 4.69) is 22.5 Å². The Morgan fingerprint density at radius 2 is 1.81 bits per heavy atom. The Bertz CT molecular complexity index is 858. The predicted octanol–water partition coefficient (Wildman–Crippen LogP) is 3.46. The molecule has 0 spiro atoms. The summed E-state index contributed by atoms with van der Waals surface area (Å²) in [5, 5.41) is 0. The minimum Gasteiger partial charge on any atom is -0.310 e. The molecule has 4 nitrogen and oxygen atoms in total. The summed E-state index contributed by atoms with van der Waals surface area (Å²) in [5.74, 6) is 0.764. The van der Waals surface area contributed by atoms with Crippen LogP contribution in [0.2, 0.25) is 0 Å². The first-order valence-corrected chi connectivity index (χ1v) is 7.62. The minimum atomic E-state index is 0.0444. The number of fused-ring (bicyclic) bond motifs is 3. The van der Waals surface area contributed by atoms with Gasteiger partial charge in [0.15, 0.2) is 0 Å². The van der Waals surface area contributed by atoms with Crippen LogP contribution in [-0.4, -0.2) is 14.0 Å². The van der Waals surface area contributed by atoms with Crippen LogP contribution in [0.5, 0.6) is 0 Å². The van der Waals surface area contributed by atoms with E-state index in [1.165, 1.54) is 12.8 Å². The van der Waals surface area contributed by atoms with Gasteiger partial charge in [0.2, 0.25) is 5.78 Å². The summed E-state index contributed by atoms with van der Waals surface area (Å²) < 4.78 is 3.93. The number of benzene rings is 1. The molecule has 0 N–H and O–H groups in total. The van der Waals surface area contributed by atoms with Gasteiger partial charge in [-0.25, -0.2) is 9.38 Å². The molecule has 0 radical (unpaired) electrons. The van der Waals surface area contributed by atoms with Gasteiger partial charge >= 0.3 is 0 Å². The summed E-state index contributed by atoms with van der Waals surface area (Å²) in [4.78, 5) is 17.3. The van der Waals surface area contributed by atoms with Crippen LogP contribution in [0.4, 0.5) is 0 Å². The zero-order valence-electron chi connectivity index (χ0n) is 12.9. The van der Waals surface area contributed by atoms with Gasteiger partial charge in [-0.05, 0) is 32.4 Å². The van der Waals surface area contributed by atoms with Crippen LogP contribution in [0.15, 0.2) is 29.1 Å². The number of unbranched alkanes of at least 4 members (excludes halogenated alkanes) is 2. The first-order chi connectivity index (χ1) is 10.1. The van der Waals surface area contributed by atoms with E-state index in [-0.39, 0.29) is 5.56 Å². The normalized spacial score (nSPS) is 11.6. The van der Waals surface area contributed by atoms with Crippen molar-refractivity contribution in [2.24, 2.45) is 0 Å². The summed E-state index contributed by atoms with van der Waals surface area (Å²) in [6.45, 7) is 6.85. The standard InChI is InChI=1S/C17H21N3O/c1-4-5-8-11-19-14-9-6-7-10-15(14)20-16(21)12(2)13(3)18-17(19)20/h6-7,9-10H,4-5,8,11H2,1-3H3. The number of aryl methyl sites for hydroxylation is 2. The topological polar surface area (TPSA) is 39.3 Å². The molecule has 2 aromatic heterocycles. The Morgan fingerprint density at radius 3 is 2.52 bits per heavy atom. The largest absolute Gasteiger partial charge is 0.310 e. The molecule has 110 valence electrons. The van der Waals surface area contributed by atoms with Crippen molar-refractivity contribution in [1.82, 2.24) is 14.0 Å². The predicted molar refractivity (Wildman–Crippen MR) is 86.0 cm³/mol. The molecule has 0 aliphatic carbocycles. The number of rotatable bonds is 4. The van der Waals surface area contributed by atoms with E-state index < -0.39 is 0 Å². The van der Waals surface area contributed by atoms with Crippen LogP contribution in [0.1, 0.15) is 37.4 Å². The lowest BCUT2D eigenvalue weighted by Crippen LogP contribution is -2.19. The van der Waals surface area contributed by atoms with Crippen LogP contribution < -0.4 is 5.56 Å². The Balaban J connectivity index is 2.35. The number of imidazole rings is 1. The van der Waals surface area contributed by atoms with Crippen molar-refractivity contribution in [2.75, 3.05) is 0 Å². The summed E-state index contributed by atoms with van der Waals surface area (Å²) in [5.41, 5.74) is 3.62. The lowest BCUT2D eigenvalue weighted by Gasteiger charge is -2.06. The van der Waals surface area contributed by atoms with E-state index in [0.717, 1.165) is 41.0 Å². The van der Waals surface area contributed by atoms with E-state index in [1.54, 1.807) is 4.40 Å². The van der Waals surface area contributed by atoms with E-state index >= 15 is 0 Å². The fourth-order valence-corrected chi connectivity index (χ4v) is 2.82. The smallest absolute Gasteiger partial charge is 0.262 e. The Hall–Kier alpha value is -2.10. The van der Waals surface area contributed by atoms with Crippen molar-refractivity contribution in [3.63, 3.8) is 0 Å². The van der Waals surface area contributed by atoms with Crippen molar-refractivity contribution in [3.05, 3.63) is 45.9 Å². The third kappa shape index (κ3) is 2.15. The lowest BCUT2D eigenvalue weighted by atomic mass is 10.2. The van der Waals surface area contributed by atoms with Crippen LogP contribution in [-0.2, 0) is 6.54 Å². The molecule has 0 unspecified atom stereocenters. The zero-order chi connectivity index (χ0) is 15.0. The second-order valence-electron chi connectivity index (χ2n) is 5.61. The van der Waals surface area contributed by atoms with Crippen molar-refractivity contribution in [1.29, 1.82) is 0 Å². The van der Waals surface area contributed by atoms with Gasteiger partial charge in [0.1, 0.15) is 0 Å². The van der Waals surface area contributed by atoms with Crippen molar-refractivity contribution < 1.29 is 0 Å². The van der Waals surface area contributed by atoms with Gasteiger partial charge in [-0.1, -0.05) is 31.9 Å². The molecule has 0 saturated heterocycles. The Kier molecular flexibility index (Phi) is 3.53. The van der Waals surface area contributed by atoms with Crippen LogP contribution in [0, 0.1) is 13.8 Å². The lowest BCUT2D eigenvalue weighted by molar-refractivity contribution is 0.620. The van der Waals surface area contributed by atoms with Crippen LogP contribution in [0.3, 0.4) is 0 Å². The molecule has 2 heterocycles. The van der Waals surface area contributed by atoms with Gasteiger partial charge in [-0.2, -0.15) is 0 Å². The number of aromatic nitrogens is 3. The molecule has 0 aliphatic rings. The summed E-state index contributed by atoms with van der Waals surface area (Å²) >= 11 is 0. The number of hydrogen-bond donors (Lipinski definition) is 0. The van der Waals surface area contributed by atoms with Crippen molar-refractivity contribution >= 4 is 16.8 Å². The minimum absolute atomic E-state index is 0.0444. The number of para-hydroxylation sites is 2. The molecule has 0 atom stereocenters. The molecule has 3 rings (SSSR count). The van der Waals surface area contributed by atoms with Gasteiger partial charge in [0.05, 0.1) is 11.0 Å². The second-order valence-corrected chi connectivity index (χ2v) is 5.61. The first-order valence-electron chi connectivity index (χ1n) is 7.62. The molecule has 4 heteroatoms. The maximum atomic E-state index is 12.6. The molecule has 0 fully saturated rings. The van der Waals surface area contributed by atoms with Crippen molar-refractivity contribution in [3.8, 4) is 0 Å². The quantitative estimate of drug-likeness (QED) is 0.688. The van der Waals surface area contributed by atoms with Crippen molar-refractivity contribution in [2.45, 2.75) is 46.6 Å². The van der Waals surface area contributed by atoms with E-state index in [9.17, 15) is 4.79 Å². The number of nitrogens with zero attached hydrogens (tertiary/aromatic N) is 3. The Labute approximate surface area is 124 Å². The highest BCUT2D eigenvalue weighted by atomic mass is 16.1. The van der Waals surface area contributed by atoms with Gasteiger partial charge in [0, 0.05) is 17.8 Å². The molecule has 1 aromatic carbocycles. The average Bonchev–Trinajstić information content (AvgIpc) is 2.79. The highest BCUT2D eigenvalue weighted by molar-refractivity contribution is 5.80. The van der Waals surface area contributed by atoms with Gasteiger partial charge in [-0.3, -0.25) is 4.79 Å². The Morgan fingerprint density at radius 1 is 1.10 bits per heavy atom. The molecular formula is C17H21N3O. The maximum Gasteiger partial charge on any atom is 0.262 e. The third-order valence-corrected chi connectivity index (χ3v) is 4.17. The van der Waals surface area contributed by atoms with E-state index in [1.807, 2.05) is 32.0 Å². The molecule has 21 heavy (non-hydrogen) atoms. The van der Waals surface area contributed by atoms with E-state index in [0.29, 0.717) is 0 Å². The summed E-state index contributed by atoms with van der Waals surface area (Å²) in [6.07, 6.45) is 3.48. The first kappa shape index (κ1) is 13.9. The zero-order valence-corrected chi connectivity index (χ0v) is 12.9. The fourth-order valence-electron chi connectivity index (χ4n) is 2.82. The highest BCUT2D eigenvalue weighted by Gasteiger charge is 2.15. The molecule has 0 aliphatic heterocycles. The maximum absolute atomic E-state index is 12.6. The third-order valence-electron chi connectivity index (χ3n) is 4.17. The molecule has 0 amide bonds. The summed E-state index contributed by atoms with van der Waals surface area (Å²) in [7, 11) is 0. The fraction of sp³-hybridized carbons (Fsp3) is 0.412. The number of hydrogen-bond acceptors (Lipinski definition) is 2. The van der Waals surface area contributed by atoms with Gasteiger partial charge in [-0.15, -0.1) is 0 Å². The van der Waals surface area contributed by atoms with Crippen LogP contribution in [0.25, 0.3) is 16.8 Å². The van der Waals surface area contributed by atoms with Gasteiger partial charge < -0.3 is 4.57 Å². The molecule has 3 aromatic rings. The highest BCUT2D eigenvalue weighted by Crippen LogP contribution is 2.20. The monoisotopic (exact) mass is 283 g/mol. The van der Waals surface area contributed by atoms with Gasteiger partial charge in [0.25, 0.3) is 5.56 Å². The van der Waals surface area contributed by atoms with E-state index in [4.69, 9.17) is 0 Å². The molecular weight excluding hydrogens is 262 g/mol. The second kappa shape index (κ2) is 5.35. The molecule has 0 saturated carbocycles. The summed E-state index contributed by atoms with van der Waals surface area (Å²) in [6, 6.07) is 8.05. The molecule has 0 bridgehead atoms. The van der Waals surface area contributed by atoms with Crippen LogP contribution >= 0.6 is 0 Å². The average molecular weight is 283 g/mol.